The molecule has 0 unspecified atom stereocenters. The van der Waals surface area contributed by atoms with Crippen LogP contribution in [0.3, 0.4) is 0 Å². The Bertz CT molecular complexity index is 629. The molecule has 84 valence electrons. The largest absolute Gasteiger partial charge is 0.325 e. The van der Waals surface area contributed by atoms with Gasteiger partial charge in [-0.1, -0.05) is 0 Å². The molecule has 0 bridgehead atoms. The molecule has 0 aromatic carbocycles. The number of fused-ring (bicyclic) bond motifs is 1. The summed E-state index contributed by atoms with van der Waals surface area (Å²) in [6, 6.07) is 5.90. The van der Waals surface area contributed by atoms with E-state index in [4.69, 9.17) is 5.73 Å². The minimum Gasteiger partial charge on any atom is -0.325 e. The van der Waals surface area contributed by atoms with Crippen LogP contribution in [0, 0.1) is 0 Å². The summed E-state index contributed by atoms with van der Waals surface area (Å²) in [4.78, 5) is 12.8. The summed E-state index contributed by atoms with van der Waals surface area (Å²) in [5.74, 6) is 0. The van der Waals surface area contributed by atoms with Gasteiger partial charge in [0.15, 0.2) is 0 Å². The Morgan fingerprint density at radius 1 is 1.24 bits per heavy atom. The van der Waals surface area contributed by atoms with Crippen LogP contribution < -0.4 is 5.73 Å². The highest BCUT2D eigenvalue weighted by molar-refractivity contribution is 7.21. The first-order valence-electron chi connectivity index (χ1n) is 5.23. The number of hydrogen-bond acceptors (Lipinski definition) is 5. The van der Waals surface area contributed by atoms with Crippen molar-refractivity contribution in [2.75, 3.05) is 0 Å². The van der Waals surface area contributed by atoms with Gasteiger partial charge in [0, 0.05) is 24.5 Å². The summed E-state index contributed by atoms with van der Waals surface area (Å²) >= 11 is 1.65. The number of nitrogens with zero attached hydrogens (tertiary/aromatic N) is 3. The van der Waals surface area contributed by atoms with Crippen LogP contribution in [0.2, 0.25) is 0 Å². The second kappa shape index (κ2) is 4.20. The maximum atomic E-state index is 5.58. The van der Waals surface area contributed by atoms with Crippen molar-refractivity contribution in [1.29, 1.82) is 0 Å². The lowest BCUT2D eigenvalue weighted by Crippen LogP contribution is -1.98. The Kier molecular flexibility index (Phi) is 2.55. The molecule has 0 saturated heterocycles. The van der Waals surface area contributed by atoms with E-state index in [9.17, 15) is 0 Å². The summed E-state index contributed by atoms with van der Waals surface area (Å²) in [6.45, 7) is 0.445. The molecule has 3 rings (SSSR count). The van der Waals surface area contributed by atoms with Gasteiger partial charge in [0.1, 0.15) is 10.5 Å². The average Bonchev–Trinajstić information content (AvgIpc) is 2.82. The SMILES string of the molecule is NCc1cc(-c2nc3cnccc3s2)ccn1. The van der Waals surface area contributed by atoms with Gasteiger partial charge in [0.25, 0.3) is 0 Å². The van der Waals surface area contributed by atoms with Gasteiger partial charge in [0.2, 0.25) is 0 Å². The Hall–Kier alpha value is -1.85. The van der Waals surface area contributed by atoms with Crippen molar-refractivity contribution in [3.05, 3.63) is 42.5 Å². The molecule has 0 saturated carbocycles. The van der Waals surface area contributed by atoms with Crippen molar-refractivity contribution < 1.29 is 0 Å². The zero-order valence-corrected chi connectivity index (χ0v) is 9.81. The van der Waals surface area contributed by atoms with E-state index >= 15 is 0 Å². The zero-order chi connectivity index (χ0) is 11.7. The summed E-state index contributed by atoms with van der Waals surface area (Å²) in [5.41, 5.74) is 8.44. The van der Waals surface area contributed by atoms with Gasteiger partial charge in [-0.2, -0.15) is 0 Å². The molecule has 3 aromatic heterocycles. The number of aromatic nitrogens is 3. The lowest BCUT2D eigenvalue weighted by molar-refractivity contribution is 0.991. The fraction of sp³-hybridized carbons (Fsp3) is 0.0833. The van der Waals surface area contributed by atoms with Crippen LogP contribution >= 0.6 is 11.3 Å². The van der Waals surface area contributed by atoms with Crippen LogP contribution in [0.4, 0.5) is 0 Å². The van der Waals surface area contributed by atoms with Crippen LogP contribution in [-0.2, 0) is 6.54 Å². The summed E-state index contributed by atoms with van der Waals surface area (Å²) in [7, 11) is 0. The standard InChI is InChI=1S/C12H10N4S/c13-6-9-5-8(1-4-15-9)12-16-10-7-14-3-2-11(10)17-12/h1-5,7H,6,13H2. The Morgan fingerprint density at radius 2 is 2.18 bits per heavy atom. The zero-order valence-electron chi connectivity index (χ0n) is 9.00. The Morgan fingerprint density at radius 3 is 3.00 bits per heavy atom. The predicted molar refractivity (Wildman–Crippen MR) is 68.5 cm³/mol. The molecule has 5 heteroatoms. The third-order valence-corrected chi connectivity index (χ3v) is 3.55. The number of thiazole rings is 1. The van der Waals surface area contributed by atoms with E-state index in [2.05, 4.69) is 15.0 Å². The lowest BCUT2D eigenvalue weighted by atomic mass is 10.2. The fourth-order valence-corrected chi connectivity index (χ4v) is 2.56. The van der Waals surface area contributed by atoms with E-state index in [0.717, 1.165) is 26.5 Å². The van der Waals surface area contributed by atoms with Crippen LogP contribution in [0.5, 0.6) is 0 Å². The monoisotopic (exact) mass is 242 g/mol. The molecular weight excluding hydrogens is 232 g/mol. The molecule has 0 aliphatic heterocycles. The Labute approximate surface area is 102 Å². The van der Waals surface area contributed by atoms with Gasteiger partial charge in [-0.3, -0.25) is 9.97 Å². The maximum Gasteiger partial charge on any atom is 0.124 e. The number of hydrogen-bond donors (Lipinski definition) is 1. The first-order valence-corrected chi connectivity index (χ1v) is 6.04. The van der Waals surface area contributed by atoms with E-state index in [0.29, 0.717) is 6.54 Å². The molecule has 3 heterocycles. The van der Waals surface area contributed by atoms with Crippen molar-refractivity contribution in [3.63, 3.8) is 0 Å². The van der Waals surface area contributed by atoms with Gasteiger partial charge < -0.3 is 5.73 Å². The van der Waals surface area contributed by atoms with E-state index in [1.165, 1.54) is 0 Å². The van der Waals surface area contributed by atoms with Crippen molar-refractivity contribution in [2.24, 2.45) is 5.73 Å². The van der Waals surface area contributed by atoms with Gasteiger partial charge in [-0.25, -0.2) is 4.98 Å². The highest BCUT2D eigenvalue weighted by Crippen LogP contribution is 2.29. The number of rotatable bonds is 2. The molecule has 0 spiro atoms. The van der Waals surface area contributed by atoms with Gasteiger partial charge in [0.05, 0.1) is 16.6 Å². The molecular formula is C12H10N4S. The van der Waals surface area contributed by atoms with Gasteiger partial charge in [-0.15, -0.1) is 11.3 Å². The fourth-order valence-electron chi connectivity index (χ4n) is 1.63. The van der Waals surface area contributed by atoms with Crippen LogP contribution in [0.1, 0.15) is 5.69 Å². The van der Waals surface area contributed by atoms with E-state index in [1.54, 1.807) is 29.9 Å². The highest BCUT2D eigenvalue weighted by Gasteiger charge is 2.06. The van der Waals surface area contributed by atoms with Crippen molar-refractivity contribution in [1.82, 2.24) is 15.0 Å². The normalized spacial score (nSPS) is 10.9. The minimum atomic E-state index is 0.445. The summed E-state index contributed by atoms with van der Waals surface area (Å²) < 4.78 is 1.14. The topological polar surface area (TPSA) is 64.7 Å². The quantitative estimate of drug-likeness (QED) is 0.748. The number of pyridine rings is 2. The van der Waals surface area contributed by atoms with Crippen LogP contribution in [-0.4, -0.2) is 15.0 Å². The van der Waals surface area contributed by atoms with Crippen molar-refractivity contribution in [3.8, 4) is 10.6 Å². The Balaban J connectivity index is 2.13. The van der Waals surface area contributed by atoms with E-state index in [-0.39, 0.29) is 0 Å². The predicted octanol–water partition coefficient (Wildman–Crippen LogP) is 2.21. The molecule has 0 fully saturated rings. The molecule has 17 heavy (non-hydrogen) atoms. The summed E-state index contributed by atoms with van der Waals surface area (Å²) in [6.07, 6.45) is 5.32. The molecule has 0 atom stereocenters. The van der Waals surface area contributed by atoms with Crippen LogP contribution in [0.25, 0.3) is 20.8 Å². The van der Waals surface area contributed by atoms with Gasteiger partial charge in [-0.05, 0) is 18.2 Å². The summed E-state index contributed by atoms with van der Waals surface area (Å²) in [5, 5.41) is 0.977. The van der Waals surface area contributed by atoms with Gasteiger partial charge >= 0.3 is 0 Å². The molecule has 4 nitrogen and oxygen atoms in total. The van der Waals surface area contributed by atoms with E-state index < -0.39 is 0 Å². The van der Waals surface area contributed by atoms with Crippen molar-refractivity contribution >= 4 is 21.6 Å². The van der Waals surface area contributed by atoms with E-state index in [1.807, 2.05) is 18.2 Å². The average molecular weight is 242 g/mol. The maximum absolute atomic E-state index is 5.58. The second-order valence-electron chi connectivity index (χ2n) is 3.60. The first kappa shape index (κ1) is 10.3. The molecule has 3 aromatic rings. The smallest absolute Gasteiger partial charge is 0.124 e. The second-order valence-corrected chi connectivity index (χ2v) is 4.63. The molecule has 0 amide bonds. The number of nitrogens with two attached hydrogens (primary N) is 1. The highest BCUT2D eigenvalue weighted by atomic mass is 32.1. The molecule has 0 aliphatic rings. The molecule has 0 radical (unpaired) electrons. The lowest BCUT2D eigenvalue weighted by Gasteiger charge is -1.98. The molecule has 2 N–H and O–H groups in total. The third-order valence-electron chi connectivity index (χ3n) is 2.46. The third kappa shape index (κ3) is 1.90. The van der Waals surface area contributed by atoms with Crippen LogP contribution in [0.15, 0.2) is 36.8 Å². The van der Waals surface area contributed by atoms with Crippen molar-refractivity contribution in [2.45, 2.75) is 6.54 Å². The minimum absolute atomic E-state index is 0.445. The first-order chi connectivity index (χ1) is 8.36. The molecule has 0 aliphatic carbocycles.